The van der Waals surface area contributed by atoms with Crippen LogP contribution in [-0.4, -0.2) is 25.0 Å². The normalized spacial score (nSPS) is 12.5. The number of rotatable bonds is 5. The van der Waals surface area contributed by atoms with Crippen molar-refractivity contribution in [2.45, 2.75) is 52.2 Å². The lowest BCUT2D eigenvalue weighted by molar-refractivity contribution is 0.297. The number of nitrogens with zero attached hydrogens (tertiary/aromatic N) is 1. The lowest BCUT2D eigenvalue weighted by Crippen LogP contribution is -2.43. The predicted octanol–water partition coefficient (Wildman–Crippen LogP) is 4.57. The number of hydrogen-bond acceptors (Lipinski definition) is 4. The van der Waals surface area contributed by atoms with E-state index in [0.29, 0.717) is 12.3 Å². The molecular formula is C18H27NO3Si. The first kappa shape index (κ1) is 17.8. The second kappa shape index (κ2) is 6.49. The van der Waals surface area contributed by atoms with Gasteiger partial charge in [0.25, 0.3) is 0 Å². The summed E-state index contributed by atoms with van der Waals surface area (Å²) in [6, 6.07) is 7.88. The third-order valence-corrected chi connectivity index (χ3v) is 8.88. The van der Waals surface area contributed by atoms with Crippen LogP contribution in [0.3, 0.4) is 0 Å². The first-order valence-electron chi connectivity index (χ1n) is 8.00. The first-order valence-corrected chi connectivity index (χ1v) is 10.9. The predicted molar refractivity (Wildman–Crippen MR) is 95.3 cm³/mol. The average molecular weight is 334 g/mol. The molecule has 0 aliphatic carbocycles. The molecule has 0 aliphatic rings. The zero-order chi connectivity index (χ0) is 17.3. The van der Waals surface area contributed by atoms with E-state index in [-0.39, 0.29) is 11.6 Å². The van der Waals surface area contributed by atoms with Crippen LogP contribution in [0.25, 0.3) is 11.5 Å². The van der Waals surface area contributed by atoms with E-state index in [1.807, 2.05) is 31.2 Å². The van der Waals surface area contributed by atoms with E-state index in [2.05, 4.69) is 38.8 Å². The summed E-state index contributed by atoms with van der Waals surface area (Å²) < 4.78 is 12.0. The van der Waals surface area contributed by atoms with E-state index in [1.165, 1.54) is 0 Å². The Kier molecular flexibility index (Phi) is 5.01. The van der Waals surface area contributed by atoms with Crippen LogP contribution in [0.2, 0.25) is 18.1 Å². The molecule has 0 atom stereocenters. The van der Waals surface area contributed by atoms with Gasteiger partial charge in [0.15, 0.2) is 0 Å². The van der Waals surface area contributed by atoms with E-state index < -0.39 is 8.32 Å². The minimum atomic E-state index is -1.82. The first-order chi connectivity index (χ1) is 10.6. The molecule has 23 heavy (non-hydrogen) atoms. The van der Waals surface area contributed by atoms with Crippen molar-refractivity contribution in [1.82, 2.24) is 4.98 Å². The van der Waals surface area contributed by atoms with Crippen LogP contribution < -0.4 is 4.43 Å². The van der Waals surface area contributed by atoms with Gasteiger partial charge >= 0.3 is 0 Å². The number of aryl methyl sites for hydroxylation is 1. The molecule has 0 saturated carbocycles. The Balaban J connectivity index is 2.18. The molecule has 1 N–H and O–H groups in total. The monoisotopic (exact) mass is 333 g/mol. The fraction of sp³-hybridized carbons (Fsp3) is 0.500. The maximum absolute atomic E-state index is 9.04. The van der Waals surface area contributed by atoms with E-state index in [9.17, 15) is 0 Å². The third kappa shape index (κ3) is 4.03. The van der Waals surface area contributed by atoms with Crippen molar-refractivity contribution in [2.24, 2.45) is 0 Å². The third-order valence-electron chi connectivity index (χ3n) is 4.52. The summed E-state index contributed by atoms with van der Waals surface area (Å²) in [5.74, 6) is 2.24. The Morgan fingerprint density at radius 3 is 2.30 bits per heavy atom. The highest BCUT2D eigenvalue weighted by Crippen LogP contribution is 2.37. The van der Waals surface area contributed by atoms with Crippen molar-refractivity contribution in [2.75, 3.05) is 6.61 Å². The van der Waals surface area contributed by atoms with Gasteiger partial charge < -0.3 is 13.9 Å². The molecule has 1 aromatic heterocycles. The summed E-state index contributed by atoms with van der Waals surface area (Å²) >= 11 is 0. The molecule has 0 amide bonds. The van der Waals surface area contributed by atoms with Gasteiger partial charge in [-0.1, -0.05) is 20.8 Å². The van der Waals surface area contributed by atoms with Crippen molar-refractivity contribution in [3.63, 3.8) is 0 Å². The van der Waals surface area contributed by atoms with E-state index in [4.69, 9.17) is 13.9 Å². The minimum absolute atomic E-state index is 0.0755. The van der Waals surface area contributed by atoms with Gasteiger partial charge in [-0.05, 0) is 49.3 Å². The molecular weight excluding hydrogens is 306 g/mol. The fourth-order valence-electron chi connectivity index (χ4n) is 2.00. The standard InChI is InChI=1S/C18H27NO3Si/c1-13-16(11-12-20)19-17(21-13)14-7-9-15(10-8-14)22-23(5,6)18(2,3)4/h7-10,20H,11-12H2,1-6H3. The topological polar surface area (TPSA) is 55.5 Å². The smallest absolute Gasteiger partial charge is 0.250 e. The van der Waals surface area contributed by atoms with Crippen molar-refractivity contribution in [3.8, 4) is 17.2 Å². The highest BCUT2D eigenvalue weighted by atomic mass is 28.4. The Morgan fingerprint density at radius 2 is 1.78 bits per heavy atom. The fourth-order valence-corrected chi connectivity index (χ4v) is 3.03. The summed E-state index contributed by atoms with van der Waals surface area (Å²) in [5, 5.41) is 9.21. The highest BCUT2D eigenvalue weighted by molar-refractivity contribution is 6.74. The lowest BCUT2D eigenvalue weighted by atomic mass is 10.2. The molecule has 0 unspecified atom stereocenters. The Labute approximate surface area is 139 Å². The van der Waals surface area contributed by atoms with Crippen LogP contribution >= 0.6 is 0 Å². The average Bonchev–Trinajstić information content (AvgIpc) is 2.80. The Bertz CT molecular complexity index is 654. The van der Waals surface area contributed by atoms with Gasteiger partial charge in [-0.15, -0.1) is 0 Å². The summed E-state index contributed by atoms with van der Waals surface area (Å²) in [6.45, 7) is 13.1. The van der Waals surface area contributed by atoms with E-state index in [0.717, 1.165) is 22.8 Å². The van der Waals surface area contributed by atoms with Gasteiger partial charge in [0, 0.05) is 18.6 Å². The van der Waals surface area contributed by atoms with Gasteiger partial charge in [0.05, 0.1) is 5.69 Å². The Hall–Kier alpha value is -1.59. The zero-order valence-corrected chi connectivity index (χ0v) is 15.9. The summed E-state index contributed by atoms with van der Waals surface area (Å²) in [6.07, 6.45) is 0.516. The quantitative estimate of drug-likeness (QED) is 0.814. The van der Waals surface area contributed by atoms with Crippen LogP contribution in [0.5, 0.6) is 5.75 Å². The van der Waals surface area contributed by atoms with Gasteiger partial charge in [0.2, 0.25) is 14.2 Å². The molecule has 0 spiro atoms. The van der Waals surface area contributed by atoms with E-state index in [1.54, 1.807) is 0 Å². The molecule has 0 saturated heterocycles. The van der Waals surface area contributed by atoms with Crippen molar-refractivity contribution in [3.05, 3.63) is 35.7 Å². The molecule has 1 heterocycles. The molecule has 4 nitrogen and oxygen atoms in total. The molecule has 0 bridgehead atoms. The number of aliphatic hydroxyl groups is 1. The lowest BCUT2D eigenvalue weighted by Gasteiger charge is -2.36. The summed E-state index contributed by atoms with van der Waals surface area (Å²) in [5.41, 5.74) is 1.73. The largest absolute Gasteiger partial charge is 0.544 e. The number of oxazole rings is 1. The zero-order valence-electron chi connectivity index (χ0n) is 14.9. The van der Waals surface area contributed by atoms with Crippen LogP contribution in [0, 0.1) is 6.92 Å². The molecule has 0 fully saturated rings. The van der Waals surface area contributed by atoms with Gasteiger partial charge in [0.1, 0.15) is 11.5 Å². The van der Waals surface area contributed by atoms with Crippen LogP contribution in [0.15, 0.2) is 28.7 Å². The maximum Gasteiger partial charge on any atom is 0.250 e. The number of benzene rings is 1. The Morgan fingerprint density at radius 1 is 1.17 bits per heavy atom. The molecule has 2 rings (SSSR count). The van der Waals surface area contributed by atoms with Crippen molar-refractivity contribution < 1.29 is 13.9 Å². The van der Waals surface area contributed by atoms with Crippen LogP contribution in [0.1, 0.15) is 32.2 Å². The second-order valence-electron chi connectivity index (χ2n) is 7.38. The highest BCUT2D eigenvalue weighted by Gasteiger charge is 2.38. The molecule has 0 aliphatic heterocycles. The number of aromatic nitrogens is 1. The van der Waals surface area contributed by atoms with Crippen LogP contribution in [0.4, 0.5) is 0 Å². The molecule has 1 aromatic carbocycles. The molecule has 126 valence electrons. The molecule has 0 radical (unpaired) electrons. The van der Waals surface area contributed by atoms with Crippen molar-refractivity contribution >= 4 is 8.32 Å². The number of aliphatic hydroxyl groups excluding tert-OH is 1. The SMILES string of the molecule is Cc1oc(-c2ccc(O[Si](C)(C)C(C)(C)C)cc2)nc1CCO. The second-order valence-corrected chi connectivity index (χ2v) is 12.1. The minimum Gasteiger partial charge on any atom is -0.544 e. The molecule has 2 aromatic rings. The summed E-state index contributed by atoms with van der Waals surface area (Å²) in [4.78, 5) is 4.45. The summed E-state index contributed by atoms with van der Waals surface area (Å²) in [7, 11) is -1.82. The van der Waals surface area contributed by atoms with Gasteiger partial charge in [-0.2, -0.15) is 0 Å². The van der Waals surface area contributed by atoms with Crippen molar-refractivity contribution in [1.29, 1.82) is 0 Å². The number of hydrogen-bond donors (Lipinski definition) is 1. The van der Waals surface area contributed by atoms with Crippen LogP contribution in [-0.2, 0) is 6.42 Å². The maximum atomic E-state index is 9.04. The van der Waals surface area contributed by atoms with Gasteiger partial charge in [-0.3, -0.25) is 0 Å². The van der Waals surface area contributed by atoms with E-state index >= 15 is 0 Å². The molecule has 5 heteroatoms. The van der Waals surface area contributed by atoms with Gasteiger partial charge in [-0.25, -0.2) is 4.98 Å².